The van der Waals surface area contributed by atoms with Gasteiger partial charge in [0.05, 0.1) is 4.90 Å². The van der Waals surface area contributed by atoms with Crippen molar-refractivity contribution in [2.24, 2.45) is 7.05 Å². The molecule has 0 bridgehead atoms. The van der Waals surface area contributed by atoms with Gasteiger partial charge in [-0.2, -0.15) is 4.31 Å². The second-order valence-electron chi connectivity index (χ2n) is 7.63. The normalized spacial score (nSPS) is 16.9. The van der Waals surface area contributed by atoms with Crippen LogP contribution in [0.3, 0.4) is 0 Å². The van der Waals surface area contributed by atoms with Gasteiger partial charge >= 0.3 is 0 Å². The molecule has 0 amide bonds. The monoisotopic (exact) mass is 382 g/mol. The van der Waals surface area contributed by atoms with Gasteiger partial charge in [0.25, 0.3) is 0 Å². The highest BCUT2D eigenvalue weighted by atomic mass is 32.2. The Morgan fingerprint density at radius 3 is 2.33 bits per heavy atom. The van der Waals surface area contributed by atoms with E-state index in [1.807, 2.05) is 26.0 Å². The number of para-hydroxylation sites is 1. The van der Waals surface area contributed by atoms with E-state index in [0.29, 0.717) is 23.9 Å². The summed E-state index contributed by atoms with van der Waals surface area (Å²) in [6.45, 7) is 5.00. The molecule has 27 heavy (non-hydrogen) atoms. The average molecular weight is 383 g/mol. The van der Waals surface area contributed by atoms with E-state index in [2.05, 4.69) is 41.9 Å². The Kier molecular flexibility index (Phi) is 4.60. The van der Waals surface area contributed by atoms with Crippen molar-refractivity contribution in [1.82, 2.24) is 8.87 Å². The number of rotatable bonds is 3. The minimum atomic E-state index is -3.42. The summed E-state index contributed by atoms with van der Waals surface area (Å²) in [6.07, 6.45) is 1.71. The fourth-order valence-electron chi connectivity index (χ4n) is 4.32. The van der Waals surface area contributed by atoms with Crippen LogP contribution in [-0.4, -0.2) is 30.4 Å². The zero-order chi connectivity index (χ0) is 19.2. The van der Waals surface area contributed by atoms with Gasteiger partial charge in [-0.25, -0.2) is 8.42 Å². The molecule has 0 N–H and O–H groups in total. The van der Waals surface area contributed by atoms with Crippen molar-refractivity contribution < 1.29 is 8.42 Å². The molecule has 1 aliphatic rings. The highest BCUT2D eigenvalue weighted by Gasteiger charge is 2.31. The van der Waals surface area contributed by atoms with Crippen LogP contribution >= 0.6 is 0 Å². The number of sulfonamides is 1. The Bertz CT molecular complexity index is 1090. The van der Waals surface area contributed by atoms with E-state index in [1.54, 1.807) is 10.4 Å². The van der Waals surface area contributed by atoms with Gasteiger partial charge in [-0.05, 0) is 55.8 Å². The number of benzene rings is 2. The maximum Gasteiger partial charge on any atom is 0.243 e. The summed E-state index contributed by atoms with van der Waals surface area (Å²) in [5.74, 6) is 0.396. The lowest BCUT2D eigenvalue weighted by Crippen LogP contribution is -2.38. The summed E-state index contributed by atoms with van der Waals surface area (Å²) in [7, 11) is -1.32. The van der Waals surface area contributed by atoms with E-state index < -0.39 is 10.0 Å². The lowest BCUT2D eigenvalue weighted by atomic mass is 9.94. The van der Waals surface area contributed by atoms with Gasteiger partial charge in [0.15, 0.2) is 0 Å². The molecule has 2 aromatic carbocycles. The van der Waals surface area contributed by atoms with Gasteiger partial charge < -0.3 is 4.57 Å². The molecule has 3 aromatic rings. The smallest absolute Gasteiger partial charge is 0.243 e. The highest BCUT2D eigenvalue weighted by Crippen LogP contribution is 2.34. The minimum Gasteiger partial charge on any atom is -0.347 e. The van der Waals surface area contributed by atoms with Gasteiger partial charge in [-0.15, -0.1) is 0 Å². The SMILES string of the molecule is Cc1ccc(S(=O)(=O)N2CCC(c3cc4ccccc4n3C)CC2)c(C)c1. The molecule has 1 aliphatic heterocycles. The Hall–Kier alpha value is -2.11. The second kappa shape index (κ2) is 6.80. The number of piperidine rings is 1. The van der Waals surface area contributed by atoms with Gasteiger partial charge in [0, 0.05) is 37.3 Å². The van der Waals surface area contributed by atoms with Gasteiger partial charge in [0.2, 0.25) is 10.0 Å². The van der Waals surface area contributed by atoms with Crippen molar-refractivity contribution in [3.63, 3.8) is 0 Å². The predicted molar refractivity (Wildman–Crippen MR) is 110 cm³/mol. The molecule has 1 aromatic heterocycles. The summed E-state index contributed by atoms with van der Waals surface area (Å²) in [5.41, 5.74) is 4.45. The van der Waals surface area contributed by atoms with Crippen molar-refractivity contribution in [2.75, 3.05) is 13.1 Å². The lowest BCUT2D eigenvalue weighted by Gasteiger charge is -2.32. The standard InChI is InChI=1S/C22H26N2O2S/c1-16-8-9-22(17(2)14-16)27(25,26)24-12-10-18(11-13-24)21-15-19-6-4-5-7-20(19)23(21)3/h4-9,14-15,18H,10-13H2,1-3H3. The fourth-order valence-corrected chi connectivity index (χ4v) is 6.00. The summed E-state index contributed by atoms with van der Waals surface area (Å²) < 4.78 is 30.1. The third-order valence-electron chi connectivity index (χ3n) is 5.81. The quantitative estimate of drug-likeness (QED) is 0.675. The molecule has 142 valence electrons. The summed E-state index contributed by atoms with van der Waals surface area (Å²) in [5, 5.41) is 1.25. The maximum atomic E-state index is 13.1. The zero-order valence-corrected chi connectivity index (χ0v) is 17.0. The maximum absolute atomic E-state index is 13.1. The molecular formula is C22H26N2O2S. The molecule has 4 nitrogen and oxygen atoms in total. The van der Waals surface area contributed by atoms with E-state index in [1.165, 1.54) is 16.6 Å². The van der Waals surface area contributed by atoms with E-state index in [9.17, 15) is 8.42 Å². The molecule has 1 fully saturated rings. The number of aromatic nitrogens is 1. The summed E-state index contributed by atoms with van der Waals surface area (Å²) in [6, 6.07) is 16.2. The van der Waals surface area contributed by atoms with Crippen LogP contribution in [0.4, 0.5) is 0 Å². The van der Waals surface area contributed by atoms with Gasteiger partial charge in [0.1, 0.15) is 0 Å². The van der Waals surface area contributed by atoms with Gasteiger partial charge in [-0.3, -0.25) is 0 Å². The van der Waals surface area contributed by atoms with Crippen molar-refractivity contribution in [2.45, 2.75) is 37.5 Å². The van der Waals surface area contributed by atoms with Crippen LogP contribution in [0.2, 0.25) is 0 Å². The van der Waals surface area contributed by atoms with Crippen LogP contribution in [0.5, 0.6) is 0 Å². The van der Waals surface area contributed by atoms with Crippen LogP contribution < -0.4 is 0 Å². The van der Waals surface area contributed by atoms with Crippen LogP contribution in [0.1, 0.15) is 35.6 Å². The number of aryl methyl sites for hydroxylation is 3. The third kappa shape index (κ3) is 3.19. The van der Waals surface area contributed by atoms with Crippen LogP contribution in [0, 0.1) is 13.8 Å². The number of hydrogen-bond donors (Lipinski definition) is 0. The minimum absolute atomic E-state index is 0.396. The molecule has 0 spiro atoms. The van der Waals surface area contributed by atoms with Crippen LogP contribution in [0.15, 0.2) is 53.4 Å². The Balaban J connectivity index is 1.55. The first-order valence-corrected chi connectivity index (χ1v) is 10.9. The summed E-state index contributed by atoms with van der Waals surface area (Å²) in [4.78, 5) is 0.441. The highest BCUT2D eigenvalue weighted by molar-refractivity contribution is 7.89. The molecular weight excluding hydrogens is 356 g/mol. The van der Waals surface area contributed by atoms with Crippen molar-refractivity contribution in [3.05, 3.63) is 65.4 Å². The van der Waals surface area contributed by atoms with Crippen LogP contribution in [0.25, 0.3) is 10.9 Å². The van der Waals surface area contributed by atoms with E-state index in [0.717, 1.165) is 24.0 Å². The third-order valence-corrected chi connectivity index (χ3v) is 7.87. The predicted octanol–water partition coefficient (Wildman–Crippen LogP) is 4.36. The molecule has 0 saturated carbocycles. The largest absolute Gasteiger partial charge is 0.347 e. The van der Waals surface area contributed by atoms with E-state index in [4.69, 9.17) is 0 Å². The topological polar surface area (TPSA) is 42.3 Å². The van der Waals surface area contributed by atoms with E-state index in [-0.39, 0.29) is 0 Å². The van der Waals surface area contributed by atoms with Crippen molar-refractivity contribution in [3.8, 4) is 0 Å². The number of hydrogen-bond acceptors (Lipinski definition) is 2. The lowest BCUT2D eigenvalue weighted by molar-refractivity contribution is 0.314. The molecule has 4 rings (SSSR count). The molecule has 5 heteroatoms. The molecule has 0 atom stereocenters. The molecule has 2 heterocycles. The first kappa shape index (κ1) is 18.3. The Morgan fingerprint density at radius 2 is 1.67 bits per heavy atom. The Morgan fingerprint density at radius 1 is 0.963 bits per heavy atom. The zero-order valence-electron chi connectivity index (χ0n) is 16.1. The first-order chi connectivity index (χ1) is 12.9. The molecule has 0 aliphatic carbocycles. The second-order valence-corrected chi connectivity index (χ2v) is 9.54. The number of fused-ring (bicyclic) bond motifs is 1. The van der Waals surface area contributed by atoms with Gasteiger partial charge in [-0.1, -0.05) is 35.9 Å². The van der Waals surface area contributed by atoms with Crippen molar-refractivity contribution >= 4 is 20.9 Å². The number of nitrogens with zero attached hydrogens (tertiary/aromatic N) is 2. The van der Waals surface area contributed by atoms with Crippen molar-refractivity contribution in [1.29, 1.82) is 0 Å². The first-order valence-electron chi connectivity index (χ1n) is 9.49. The summed E-state index contributed by atoms with van der Waals surface area (Å²) >= 11 is 0. The average Bonchev–Trinajstić information content (AvgIpc) is 2.99. The fraction of sp³-hybridized carbons (Fsp3) is 0.364. The molecule has 1 saturated heterocycles. The molecule has 0 unspecified atom stereocenters. The Labute approximate surface area is 161 Å². The van der Waals surface area contributed by atoms with E-state index >= 15 is 0 Å². The van der Waals surface area contributed by atoms with Crippen LogP contribution in [-0.2, 0) is 17.1 Å². The molecule has 0 radical (unpaired) electrons.